The summed E-state index contributed by atoms with van der Waals surface area (Å²) in [5.74, 6) is 0.289. The summed E-state index contributed by atoms with van der Waals surface area (Å²) in [6, 6.07) is 4.85. The standard InChI is InChI=1S/C14H16O6/c1-3-13(15)20-12-7-18-11-6-9(19-8-17-2)4-5-10(11)14(12)16/h4-6,12H,3,7-8H2,1-2H3. The summed E-state index contributed by atoms with van der Waals surface area (Å²) >= 11 is 0. The summed E-state index contributed by atoms with van der Waals surface area (Å²) < 4.78 is 20.6. The number of methoxy groups -OCH3 is 1. The number of benzene rings is 1. The van der Waals surface area contributed by atoms with Gasteiger partial charge in [-0.1, -0.05) is 6.92 Å². The molecule has 0 fully saturated rings. The van der Waals surface area contributed by atoms with Gasteiger partial charge in [0.1, 0.15) is 18.1 Å². The molecule has 2 rings (SSSR count). The number of ether oxygens (including phenoxy) is 4. The van der Waals surface area contributed by atoms with Crippen molar-refractivity contribution in [3.05, 3.63) is 23.8 Å². The zero-order valence-corrected chi connectivity index (χ0v) is 11.4. The molecule has 108 valence electrons. The first-order chi connectivity index (χ1) is 9.65. The van der Waals surface area contributed by atoms with Crippen molar-refractivity contribution < 1.29 is 28.5 Å². The molecule has 0 radical (unpaired) electrons. The predicted molar refractivity (Wildman–Crippen MR) is 68.9 cm³/mol. The van der Waals surface area contributed by atoms with Crippen LogP contribution in [0.2, 0.25) is 0 Å². The van der Waals surface area contributed by atoms with E-state index in [0.29, 0.717) is 17.1 Å². The maximum atomic E-state index is 12.2. The van der Waals surface area contributed by atoms with Crippen LogP contribution in [-0.4, -0.2) is 38.4 Å². The second kappa shape index (κ2) is 6.38. The van der Waals surface area contributed by atoms with Crippen LogP contribution in [0.25, 0.3) is 0 Å². The fourth-order valence-electron chi connectivity index (χ4n) is 1.79. The average molecular weight is 280 g/mol. The molecule has 1 aliphatic heterocycles. The van der Waals surface area contributed by atoms with Crippen molar-refractivity contribution in [2.75, 3.05) is 20.5 Å². The number of carbonyl (C=O) groups excluding carboxylic acids is 2. The smallest absolute Gasteiger partial charge is 0.306 e. The third kappa shape index (κ3) is 3.08. The lowest BCUT2D eigenvalue weighted by atomic mass is 10.0. The minimum Gasteiger partial charge on any atom is -0.488 e. The van der Waals surface area contributed by atoms with E-state index in [9.17, 15) is 9.59 Å². The second-order valence-electron chi connectivity index (χ2n) is 4.22. The number of hydrogen-bond donors (Lipinski definition) is 0. The number of rotatable bonds is 5. The fraction of sp³-hybridized carbons (Fsp3) is 0.429. The van der Waals surface area contributed by atoms with Gasteiger partial charge in [0.05, 0.1) is 5.56 Å². The van der Waals surface area contributed by atoms with Crippen LogP contribution in [0.1, 0.15) is 23.7 Å². The highest BCUT2D eigenvalue weighted by Crippen LogP contribution is 2.30. The van der Waals surface area contributed by atoms with E-state index in [0.717, 1.165) is 0 Å². The third-order valence-electron chi connectivity index (χ3n) is 2.81. The van der Waals surface area contributed by atoms with Gasteiger partial charge in [-0.25, -0.2) is 0 Å². The zero-order valence-electron chi connectivity index (χ0n) is 11.4. The van der Waals surface area contributed by atoms with E-state index in [1.165, 1.54) is 7.11 Å². The molecule has 0 aliphatic carbocycles. The SMILES string of the molecule is CCC(=O)OC1COc2cc(OCOC)ccc2C1=O. The van der Waals surface area contributed by atoms with E-state index in [4.69, 9.17) is 18.9 Å². The van der Waals surface area contributed by atoms with Gasteiger partial charge in [-0.15, -0.1) is 0 Å². The van der Waals surface area contributed by atoms with Crippen molar-refractivity contribution in [3.8, 4) is 11.5 Å². The molecular formula is C14H16O6. The third-order valence-corrected chi connectivity index (χ3v) is 2.81. The number of hydrogen-bond acceptors (Lipinski definition) is 6. The number of ketones is 1. The van der Waals surface area contributed by atoms with Crippen LogP contribution in [0.4, 0.5) is 0 Å². The highest BCUT2D eigenvalue weighted by Gasteiger charge is 2.31. The number of Topliss-reactive ketones (excluding diaryl/α,β-unsaturated/α-hetero) is 1. The first kappa shape index (κ1) is 14.3. The Morgan fingerprint density at radius 2 is 2.25 bits per heavy atom. The molecule has 0 spiro atoms. The van der Waals surface area contributed by atoms with Gasteiger partial charge >= 0.3 is 5.97 Å². The molecule has 0 bridgehead atoms. The van der Waals surface area contributed by atoms with Gasteiger partial charge in [-0.3, -0.25) is 9.59 Å². The maximum Gasteiger partial charge on any atom is 0.306 e. The zero-order chi connectivity index (χ0) is 14.5. The average Bonchev–Trinajstić information content (AvgIpc) is 2.47. The molecule has 1 atom stereocenters. The molecule has 1 unspecified atom stereocenters. The molecular weight excluding hydrogens is 264 g/mol. The van der Waals surface area contributed by atoms with E-state index >= 15 is 0 Å². The van der Waals surface area contributed by atoms with Crippen LogP contribution in [0.15, 0.2) is 18.2 Å². The monoisotopic (exact) mass is 280 g/mol. The van der Waals surface area contributed by atoms with Crippen molar-refractivity contribution in [1.29, 1.82) is 0 Å². The highest BCUT2D eigenvalue weighted by molar-refractivity contribution is 6.03. The minimum atomic E-state index is -0.874. The molecule has 6 heteroatoms. The topological polar surface area (TPSA) is 71.1 Å². The van der Waals surface area contributed by atoms with Crippen LogP contribution in [-0.2, 0) is 14.3 Å². The van der Waals surface area contributed by atoms with Gasteiger partial charge in [0.2, 0.25) is 5.78 Å². The first-order valence-electron chi connectivity index (χ1n) is 6.28. The maximum absolute atomic E-state index is 12.2. The molecule has 1 aromatic rings. The lowest BCUT2D eigenvalue weighted by Crippen LogP contribution is -2.36. The molecule has 6 nitrogen and oxygen atoms in total. The van der Waals surface area contributed by atoms with Gasteiger partial charge in [-0.05, 0) is 12.1 Å². The van der Waals surface area contributed by atoms with Crippen molar-refractivity contribution in [1.82, 2.24) is 0 Å². The van der Waals surface area contributed by atoms with Gasteiger partial charge in [0, 0.05) is 19.6 Å². The fourth-order valence-corrected chi connectivity index (χ4v) is 1.79. The summed E-state index contributed by atoms with van der Waals surface area (Å²) in [5, 5.41) is 0. The van der Waals surface area contributed by atoms with Gasteiger partial charge in [0.25, 0.3) is 0 Å². The van der Waals surface area contributed by atoms with E-state index in [1.807, 2.05) is 0 Å². The molecule has 20 heavy (non-hydrogen) atoms. The normalized spacial score (nSPS) is 17.1. The van der Waals surface area contributed by atoms with Gasteiger partial charge < -0.3 is 18.9 Å². The second-order valence-corrected chi connectivity index (χ2v) is 4.22. The van der Waals surface area contributed by atoms with E-state index in [-0.39, 0.29) is 25.6 Å². The highest BCUT2D eigenvalue weighted by atomic mass is 16.7. The Balaban J connectivity index is 2.12. The van der Waals surface area contributed by atoms with Crippen LogP contribution in [0.3, 0.4) is 0 Å². The van der Waals surface area contributed by atoms with Crippen LogP contribution < -0.4 is 9.47 Å². The van der Waals surface area contributed by atoms with Crippen LogP contribution in [0.5, 0.6) is 11.5 Å². The molecule has 0 amide bonds. The Labute approximate surface area is 116 Å². The van der Waals surface area contributed by atoms with Crippen molar-refractivity contribution >= 4 is 11.8 Å². The number of fused-ring (bicyclic) bond motifs is 1. The largest absolute Gasteiger partial charge is 0.488 e. The summed E-state index contributed by atoms with van der Waals surface area (Å²) in [7, 11) is 1.52. The molecule has 0 N–H and O–H groups in total. The van der Waals surface area contributed by atoms with Gasteiger partial charge in [0.15, 0.2) is 12.9 Å². The van der Waals surface area contributed by atoms with E-state index in [1.54, 1.807) is 25.1 Å². The Morgan fingerprint density at radius 1 is 1.45 bits per heavy atom. The van der Waals surface area contributed by atoms with Crippen molar-refractivity contribution in [2.45, 2.75) is 19.4 Å². The Bertz CT molecular complexity index is 510. The lowest BCUT2D eigenvalue weighted by molar-refractivity contribution is -0.148. The van der Waals surface area contributed by atoms with Crippen molar-refractivity contribution in [2.24, 2.45) is 0 Å². The molecule has 0 saturated carbocycles. The van der Waals surface area contributed by atoms with E-state index < -0.39 is 12.1 Å². The van der Waals surface area contributed by atoms with Gasteiger partial charge in [-0.2, -0.15) is 0 Å². The Hall–Kier alpha value is -2.08. The number of esters is 1. The lowest BCUT2D eigenvalue weighted by Gasteiger charge is -2.24. The summed E-state index contributed by atoms with van der Waals surface area (Å²) in [5.41, 5.74) is 0.384. The molecule has 0 aromatic heterocycles. The Morgan fingerprint density at radius 3 is 2.95 bits per heavy atom. The molecule has 0 saturated heterocycles. The summed E-state index contributed by atoms with van der Waals surface area (Å²) in [6.07, 6.45) is -0.652. The number of carbonyl (C=O) groups is 2. The van der Waals surface area contributed by atoms with Crippen LogP contribution in [0, 0.1) is 0 Å². The summed E-state index contributed by atoms with van der Waals surface area (Å²) in [4.78, 5) is 23.4. The molecule has 1 aliphatic rings. The summed E-state index contributed by atoms with van der Waals surface area (Å²) in [6.45, 7) is 1.80. The predicted octanol–water partition coefficient (Wildman–Crippen LogP) is 1.57. The Kier molecular flexibility index (Phi) is 4.57. The first-order valence-corrected chi connectivity index (χ1v) is 6.28. The molecule has 1 aromatic carbocycles. The minimum absolute atomic E-state index is 0.0192. The van der Waals surface area contributed by atoms with Crippen LogP contribution >= 0.6 is 0 Å². The quantitative estimate of drug-likeness (QED) is 0.602. The van der Waals surface area contributed by atoms with Crippen molar-refractivity contribution in [3.63, 3.8) is 0 Å². The van der Waals surface area contributed by atoms with E-state index in [2.05, 4.69) is 0 Å². The molecule has 1 heterocycles.